The number of aliphatic hydroxyl groups excluding tert-OH is 3. The minimum Gasteiger partial charge on any atom is -0.394 e. The number of anilines is 1. The van der Waals surface area contributed by atoms with Crippen LogP contribution in [0, 0.1) is 0 Å². The number of aromatic nitrogens is 6. The Balaban J connectivity index is 1.49. The van der Waals surface area contributed by atoms with Crippen LogP contribution >= 0.6 is 0 Å². The van der Waals surface area contributed by atoms with E-state index in [2.05, 4.69) is 20.1 Å². The Kier molecular flexibility index (Phi) is 4.87. The van der Waals surface area contributed by atoms with Crippen molar-refractivity contribution >= 4 is 17.0 Å². The quantitative estimate of drug-likeness (QED) is 0.345. The molecular formula is C20H21N7O4. The van der Waals surface area contributed by atoms with Gasteiger partial charge >= 0.3 is 0 Å². The third-order valence-corrected chi connectivity index (χ3v) is 5.32. The molecule has 1 aliphatic heterocycles. The lowest BCUT2D eigenvalue weighted by Gasteiger charge is -2.16. The third-order valence-electron chi connectivity index (χ3n) is 5.32. The summed E-state index contributed by atoms with van der Waals surface area (Å²) in [4.78, 5) is 13.1. The molecule has 3 aromatic heterocycles. The minimum absolute atomic E-state index is 0.168. The summed E-state index contributed by atoms with van der Waals surface area (Å²) in [5.74, 6) is 0.513. The molecule has 0 spiro atoms. The molecule has 1 aliphatic rings. The fourth-order valence-electron chi connectivity index (χ4n) is 3.70. The number of nitrogens with zero attached hydrogens (tertiary/aromatic N) is 6. The Bertz CT molecular complexity index is 1210. The van der Waals surface area contributed by atoms with Crippen LogP contribution in [0.5, 0.6) is 0 Å². The zero-order valence-corrected chi connectivity index (χ0v) is 16.4. The molecule has 1 saturated heterocycles. The second-order valence-corrected chi connectivity index (χ2v) is 7.40. The van der Waals surface area contributed by atoms with Gasteiger partial charge in [0.1, 0.15) is 23.8 Å². The Morgan fingerprint density at radius 3 is 2.65 bits per heavy atom. The maximum atomic E-state index is 10.4. The van der Waals surface area contributed by atoms with Crippen LogP contribution in [0.4, 0.5) is 5.82 Å². The van der Waals surface area contributed by atoms with Crippen LogP contribution in [0.3, 0.4) is 0 Å². The van der Waals surface area contributed by atoms with E-state index >= 15 is 0 Å². The molecule has 2 unspecified atom stereocenters. The standard InChI is InChI=1S/C20H21N7O4/c21-17-14-19(27(10-22-14)20-16(30)15(29)13(9-28)31-20)25-18(24-17)12-6-23-26(8-12)7-11-4-2-1-3-5-11/h1-6,8,10,13,15-16,20,28-30H,7,9H2,(H2,21,24,25)/t13?,15-,16-,20?/m1/s1. The predicted octanol–water partition coefficient (Wildman–Crippen LogP) is -0.0682. The van der Waals surface area contributed by atoms with Gasteiger partial charge in [0.25, 0.3) is 0 Å². The van der Waals surface area contributed by atoms with Crippen LogP contribution in [-0.2, 0) is 11.3 Å². The Morgan fingerprint density at radius 2 is 1.90 bits per heavy atom. The maximum Gasteiger partial charge on any atom is 0.168 e. The highest BCUT2D eigenvalue weighted by Crippen LogP contribution is 2.32. The van der Waals surface area contributed by atoms with Crippen LogP contribution in [0.1, 0.15) is 11.8 Å². The van der Waals surface area contributed by atoms with Crippen molar-refractivity contribution in [3.8, 4) is 11.4 Å². The van der Waals surface area contributed by atoms with Gasteiger partial charge in [-0.3, -0.25) is 9.25 Å². The summed E-state index contributed by atoms with van der Waals surface area (Å²) in [5, 5.41) is 34.2. The fraction of sp³-hybridized carbons (Fsp3) is 0.300. The molecule has 1 aromatic carbocycles. The van der Waals surface area contributed by atoms with Crippen LogP contribution in [-0.4, -0.2) is 69.5 Å². The van der Waals surface area contributed by atoms with Gasteiger partial charge in [-0.1, -0.05) is 30.3 Å². The first-order chi connectivity index (χ1) is 15.0. The van der Waals surface area contributed by atoms with E-state index in [1.54, 1.807) is 10.9 Å². The third kappa shape index (κ3) is 3.43. The van der Waals surface area contributed by atoms with Gasteiger partial charge in [0, 0.05) is 6.20 Å². The molecule has 1 fully saturated rings. The number of nitrogens with two attached hydrogens (primary N) is 1. The highest BCUT2D eigenvalue weighted by atomic mass is 16.6. The molecule has 5 rings (SSSR count). The Morgan fingerprint density at radius 1 is 1.10 bits per heavy atom. The number of ether oxygens (including phenoxy) is 1. The molecule has 0 bridgehead atoms. The van der Waals surface area contributed by atoms with Gasteiger partial charge in [-0.25, -0.2) is 15.0 Å². The van der Waals surface area contributed by atoms with Crippen molar-refractivity contribution in [1.82, 2.24) is 29.3 Å². The van der Waals surface area contributed by atoms with Crippen LogP contribution < -0.4 is 5.73 Å². The number of imidazole rings is 1. The molecule has 5 N–H and O–H groups in total. The lowest BCUT2D eigenvalue weighted by molar-refractivity contribution is -0.0511. The van der Waals surface area contributed by atoms with Gasteiger partial charge in [-0.2, -0.15) is 5.10 Å². The predicted molar refractivity (Wildman–Crippen MR) is 110 cm³/mol. The van der Waals surface area contributed by atoms with E-state index in [0.29, 0.717) is 29.1 Å². The van der Waals surface area contributed by atoms with Crippen LogP contribution in [0.15, 0.2) is 49.1 Å². The second-order valence-electron chi connectivity index (χ2n) is 7.40. The highest BCUT2D eigenvalue weighted by Gasteiger charge is 2.44. The number of fused-ring (bicyclic) bond motifs is 1. The van der Waals surface area contributed by atoms with Gasteiger partial charge in [-0.05, 0) is 5.56 Å². The van der Waals surface area contributed by atoms with E-state index in [1.165, 1.54) is 10.9 Å². The van der Waals surface area contributed by atoms with Crippen molar-refractivity contribution in [2.75, 3.05) is 12.3 Å². The first kappa shape index (κ1) is 19.6. The molecule has 0 radical (unpaired) electrons. The zero-order valence-electron chi connectivity index (χ0n) is 16.4. The zero-order chi connectivity index (χ0) is 21.5. The first-order valence-corrected chi connectivity index (χ1v) is 9.74. The average molecular weight is 423 g/mol. The molecule has 4 atom stereocenters. The van der Waals surface area contributed by atoms with E-state index in [-0.39, 0.29) is 5.82 Å². The molecule has 0 amide bonds. The van der Waals surface area contributed by atoms with Crippen molar-refractivity contribution in [1.29, 1.82) is 0 Å². The van der Waals surface area contributed by atoms with Crippen molar-refractivity contribution < 1.29 is 20.1 Å². The van der Waals surface area contributed by atoms with Crippen molar-refractivity contribution in [3.05, 3.63) is 54.6 Å². The number of nitrogen functional groups attached to an aromatic ring is 1. The largest absolute Gasteiger partial charge is 0.394 e. The molecule has 11 nitrogen and oxygen atoms in total. The maximum absolute atomic E-state index is 10.4. The number of benzene rings is 1. The highest BCUT2D eigenvalue weighted by molar-refractivity contribution is 5.83. The summed E-state index contributed by atoms with van der Waals surface area (Å²) in [6.07, 6.45) is 0.508. The fourth-order valence-corrected chi connectivity index (χ4v) is 3.70. The van der Waals surface area contributed by atoms with E-state index in [1.807, 2.05) is 36.5 Å². The van der Waals surface area contributed by atoms with Gasteiger partial charge in [-0.15, -0.1) is 0 Å². The SMILES string of the molecule is Nc1nc(-c2cnn(Cc3ccccc3)c2)nc2c1ncn2C1OC(CO)[C@@H](O)[C@H]1O. The van der Waals surface area contributed by atoms with Crippen molar-refractivity contribution in [3.63, 3.8) is 0 Å². The molecule has 11 heteroatoms. The van der Waals surface area contributed by atoms with E-state index < -0.39 is 31.1 Å². The Labute approximate surface area is 176 Å². The van der Waals surface area contributed by atoms with Crippen molar-refractivity contribution in [2.45, 2.75) is 31.1 Å². The number of rotatable bonds is 5. The first-order valence-electron chi connectivity index (χ1n) is 9.74. The summed E-state index contributed by atoms with van der Waals surface area (Å²) in [5.41, 5.74) is 8.56. The molecule has 4 heterocycles. The molecule has 4 aromatic rings. The van der Waals surface area contributed by atoms with Crippen LogP contribution in [0.25, 0.3) is 22.6 Å². The second kappa shape index (κ2) is 7.71. The monoisotopic (exact) mass is 423 g/mol. The summed E-state index contributed by atoms with van der Waals surface area (Å²) >= 11 is 0. The lowest BCUT2D eigenvalue weighted by Crippen LogP contribution is -2.33. The van der Waals surface area contributed by atoms with E-state index in [9.17, 15) is 15.3 Å². The molecule has 0 aliphatic carbocycles. The number of hydrogen-bond donors (Lipinski definition) is 4. The van der Waals surface area contributed by atoms with Gasteiger partial charge in [0.05, 0.1) is 31.2 Å². The number of aliphatic hydroxyl groups is 3. The van der Waals surface area contributed by atoms with Crippen molar-refractivity contribution in [2.24, 2.45) is 0 Å². The lowest BCUT2D eigenvalue weighted by atomic mass is 10.1. The van der Waals surface area contributed by atoms with E-state index in [4.69, 9.17) is 10.5 Å². The van der Waals surface area contributed by atoms with Gasteiger partial charge in [0.2, 0.25) is 0 Å². The topological polar surface area (TPSA) is 157 Å². The average Bonchev–Trinajstić information content (AvgIpc) is 3.48. The Hall–Kier alpha value is -3.38. The van der Waals surface area contributed by atoms with Gasteiger partial charge < -0.3 is 25.8 Å². The summed E-state index contributed by atoms with van der Waals surface area (Å²) < 4.78 is 8.86. The molecule has 160 valence electrons. The molecule has 0 saturated carbocycles. The number of hydrogen-bond acceptors (Lipinski definition) is 9. The molecular weight excluding hydrogens is 402 g/mol. The minimum atomic E-state index is -1.26. The summed E-state index contributed by atoms with van der Waals surface area (Å²) in [7, 11) is 0. The molecule has 31 heavy (non-hydrogen) atoms. The summed E-state index contributed by atoms with van der Waals surface area (Å²) in [6, 6.07) is 9.93. The van der Waals surface area contributed by atoms with Gasteiger partial charge in [0.15, 0.2) is 23.5 Å². The van der Waals surface area contributed by atoms with Crippen LogP contribution in [0.2, 0.25) is 0 Å². The smallest absolute Gasteiger partial charge is 0.168 e. The summed E-state index contributed by atoms with van der Waals surface area (Å²) in [6.45, 7) is 0.170. The normalized spacial score (nSPS) is 23.6. The van der Waals surface area contributed by atoms with E-state index in [0.717, 1.165) is 5.56 Å².